The Morgan fingerprint density at radius 3 is 2.47 bits per heavy atom. The monoisotopic (exact) mass is 242 g/mol. The van der Waals surface area contributed by atoms with Gasteiger partial charge < -0.3 is 16.2 Å². The molecule has 0 aromatic carbocycles. The zero-order chi connectivity index (χ0) is 13.0. The van der Waals surface area contributed by atoms with E-state index in [0.29, 0.717) is 19.4 Å². The first kappa shape index (κ1) is 14.0. The maximum absolute atomic E-state index is 11.9. The molecular weight excluding hydrogens is 220 g/mol. The second-order valence-corrected chi connectivity index (χ2v) is 5.14. The Bertz CT molecular complexity index is 291. The largest absolute Gasteiger partial charge is 0.481 e. The van der Waals surface area contributed by atoms with E-state index < -0.39 is 5.97 Å². The predicted octanol–water partition coefficient (Wildman–Crippen LogP) is 0.587. The van der Waals surface area contributed by atoms with E-state index >= 15 is 0 Å². The van der Waals surface area contributed by atoms with E-state index in [1.54, 1.807) is 0 Å². The van der Waals surface area contributed by atoms with Crippen molar-refractivity contribution in [2.45, 2.75) is 39.2 Å². The smallest absolute Gasteiger partial charge is 0.306 e. The molecule has 0 aromatic heterocycles. The van der Waals surface area contributed by atoms with E-state index in [9.17, 15) is 9.59 Å². The average molecular weight is 242 g/mol. The van der Waals surface area contributed by atoms with Crippen molar-refractivity contribution in [2.24, 2.45) is 23.5 Å². The minimum absolute atomic E-state index is 0.00333. The summed E-state index contributed by atoms with van der Waals surface area (Å²) in [5.74, 6) is -1.09. The summed E-state index contributed by atoms with van der Waals surface area (Å²) < 4.78 is 0. The van der Waals surface area contributed by atoms with E-state index in [4.69, 9.17) is 10.8 Å². The molecule has 5 heteroatoms. The first-order valence-corrected chi connectivity index (χ1v) is 6.19. The van der Waals surface area contributed by atoms with E-state index in [1.165, 1.54) is 0 Å². The van der Waals surface area contributed by atoms with E-state index in [0.717, 1.165) is 6.42 Å². The molecule has 1 fully saturated rings. The summed E-state index contributed by atoms with van der Waals surface area (Å²) in [6, 6.07) is -0.00333. The Hall–Kier alpha value is -1.10. The summed E-state index contributed by atoms with van der Waals surface area (Å²) >= 11 is 0. The molecule has 1 amide bonds. The fourth-order valence-electron chi connectivity index (χ4n) is 2.33. The zero-order valence-corrected chi connectivity index (χ0v) is 10.5. The Labute approximate surface area is 102 Å². The minimum atomic E-state index is -0.763. The normalized spacial score (nSPS) is 25.9. The number of carboxylic acids is 1. The van der Waals surface area contributed by atoms with Crippen LogP contribution < -0.4 is 11.1 Å². The number of hydrogen-bond donors (Lipinski definition) is 3. The third-order valence-corrected chi connectivity index (χ3v) is 3.52. The van der Waals surface area contributed by atoms with Crippen LogP contribution in [0.3, 0.4) is 0 Å². The molecule has 0 saturated heterocycles. The molecule has 1 saturated carbocycles. The maximum Gasteiger partial charge on any atom is 0.306 e. The van der Waals surface area contributed by atoms with E-state index in [1.807, 2.05) is 13.8 Å². The number of hydrogen-bond acceptors (Lipinski definition) is 3. The van der Waals surface area contributed by atoms with Gasteiger partial charge in [0, 0.05) is 12.6 Å². The van der Waals surface area contributed by atoms with Crippen molar-refractivity contribution in [3.8, 4) is 0 Å². The van der Waals surface area contributed by atoms with E-state index in [-0.39, 0.29) is 29.7 Å². The second-order valence-electron chi connectivity index (χ2n) is 5.14. The van der Waals surface area contributed by atoms with Gasteiger partial charge in [0.2, 0.25) is 5.91 Å². The Kier molecular flexibility index (Phi) is 4.93. The highest BCUT2D eigenvalue weighted by molar-refractivity contribution is 5.79. The molecule has 0 bridgehead atoms. The number of amides is 1. The van der Waals surface area contributed by atoms with Gasteiger partial charge in [-0.25, -0.2) is 0 Å². The average Bonchev–Trinajstić information content (AvgIpc) is 2.66. The Morgan fingerprint density at radius 2 is 2.06 bits per heavy atom. The standard InChI is InChI=1S/C12H22N2O3/c1-7(2)10(6-13)11(15)14-9-4-3-8(5-9)12(16)17/h7-10H,3-6,13H2,1-2H3,(H,14,15)(H,16,17). The van der Waals surface area contributed by atoms with Crippen LogP contribution in [0.4, 0.5) is 0 Å². The van der Waals surface area contributed by atoms with Crippen molar-refractivity contribution in [2.75, 3.05) is 6.54 Å². The second kappa shape index (κ2) is 6.00. The first-order valence-electron chi connectivity index (χ1n) is 6.19. The number of nitrogens with one attached hydrogen (secondary N) is 1. The maximum atomic E-state index is 11.9. The number of carbonyl (C=O) groups excluding carboxylic acids is 1. The molecule has 0 spiro atoms. The van der Waals surface area contributed by atoms with Gasteiger partial charge in [-0.2, -0.15) is 0 Å². The summed E-state index contributed by atoms with van der Waals surface area (Å²) in [5, 5.41) is 11.8. The first-order chi connectivity index (χ1) is 7.95. The van der Waals surface area contributed by atoms with Crippen molar-refractivity contribution in [1.82, 2.24) is 5.32 Å². The highest BCUT2D eigenvalue weighted by atomic mass is 16.4. The van der Waals surface area contributed by atoms with Crippen LogP contribution in [0.5, 0.6) is 0 Å². The lowest BCUT2D eigenvalue weighted by Crippen LogP contribution is -2.42. The van der Waals surface area contributed by atoms with Crippen molar-refractivity contribution in [3.05, 3.63) is 0 Å². The van der Waals surface area contributed by atoms with Gasteiger partial charge in [-0.05, 0) is 25.2 Å². The molecule has 0 heterocycles. The Balaban J connectivity index is 2.45. The SMILES string of the molecule is CC(C)C(CN)C(=O)NC1CCC(C(=O)O)C1. The van der Waals surface area contributed by atoms with Crippen LogP contribution in [0.15, 0.2) is 0 Å². The lowest BCUT2D eigenvalue weighted by Gasteiger charge is -2.21. The van der Waals surface area contributed by atoms with Gasteiger partial charge in [-0.3, -0.25) is 9.59 Å². The zero-order valence-electron chi connectivity index (χ0n) is 10.5. The highest BCUT2D eigenvalue weighted by Crippen LogP contribution is 2.26. The highest BCUT2D eigenvalue weighted by Gasteiger charge is 2.32. The van der Waals surface area contributed by atoms with Gasteiger partial charge >= 0.3 is 5.97 Å². The van der Waals surface area contributed by atoms with E-state index in [2.05, 4.69) is 5.32 Å². The third kappa shape index (κ3) is 3.70. The summed E-state index contributed by atoms with van der Waals surface area (Å²) in [6.07, 6.45) is 1.93. The van der Waals surface area contributed by atoms with Crippen LogP contribution in [0.25, 0.3) is 0 Å². The molecule has 98 valence electrons. The third-order valence-electron chi connectivity index (χ3n) is 3.52. The number of carbonyl (C=O) groups is 2. The summed E-state index contributed by atoms with van der Waals surface area (Å²) in [5.41, 5.74) is 5.57. The van der Waals surface area contributed by atoms with Gasteiger partial charge in [-0.15, -0.1) is 0 Å². The quantitative estimate of drug-likeness (QED) is 0.657. The van der Waals surface area contributed by atoms with Gasteiger partial charge in [0.05, 0.1) is 11.8 Å². The number of carboxylic acid groups (broad SMARTS) is 1. The van der Waals surface area contributed by atoms with Crippen LogP contribution in [0, 0.1) is 17.8 Å². The van der Waals surface area contributed by atoms with Crippen LogP contribution in [0.1, 0.15) is 33.1 Å². The summed E-state index contributed by atoms with van der Waals surface area (Å²) in [4.78, 5) is 22.7. The van der Waals surface area contributed by atoms with Crippen LogP contribution in [0.2, 0.25) is 0 Å². The number of nitrogens with two attached hydrogens (primary N) is 1. The molecule has 1 aliphatic carbocycles. The topological polar surface area (TPSA) is 92.4 Å². The number of rotatable bonds is 5. The van der Waals surface area contributed by atoms with Gasteiger partial charge in [0.25, 0.3) is 0 Å². The summed E-state index contributed by atoms with van der Waals surface area (Å²) in [6.45, 7) is 4.26. The molecular formula is C12H22N2O3. The molecule has 1 rings (SSSR count). The molecule has 17 heavy (non-hydrogen) atoms. The molecule has 0 radical (unpaired) electrons. The molecule has 3 unspecified atom stereocenters. The molecule has 4 N–H and O–H groups in total. The summed E-state index contributed by atoms with van der Waals surface area (Å²) in [7, 11) is 0. The van der Waals surface area contributed by atoms with Crippen LogP contribution in [-0.4, -0.2) is 29.6 Å². The van der Waals surface area contributed by atoms with Crippen LogP contribution in [-0.2, 0) is 9.59 Å². The van der Waals surface area contributed by atoms with Gasteiger partial charge in [0.15, 0.2) is 0 Å². The van der Waals surface area contributed by atoms with Gasteiger partial charge in [-0.1, -0.05) is 13.8 Å². The minimum Gasteiger partial charge on any atom is -0.481 e. The molecule has 5 nitrogen and oxygen atoms in total. The van der Waals surface area contributed by atoms with Crippen LogP contribution >= 0.6 is 0 Å². The number of aliphatic carboxylic acids is 1. The lowest BCUT2D eigenvalue weighted by atomic mass is 9.94. The van der Waals surface area contributed by atoms with Gasteiger partial charge in [0.1, 0.15) is 0 Å². The predicted molar refractivity (Wildman–Crippen MR) is 64.3 cm³/mol. The van der Waals surface area contributed by atoms with Crippen molar-refractivity contribution in [3.63, 3.8) is 0 Å². The molecule has 3 atom stereocenters. The van der Waals surface area contributed by atoms with Crippen molar-refractivity contribution in [1.29, 1.82) is 0 Å². The fourth-order valence-corrected chi connectivity index (χ4v) is 2.33. The molecule has 0 aliphatic heterocycles. The molecule has 0 aromatic rings. The van der Waals surface area contributed by atoms with Crippen molar-refractivity contribution < 1.29 is 14.7 Å². The van der Waals surface area contributed by atoms with Crippen molar-refractivity contribution >= 4 is 11.9 Å². The lowest BCUT2D eigenvalue weighted by molar-refractivity contribution is -0.141. The molecule has 1 aliphatic rings. The fraction of sp³-hybridized carbons (Fsp3) is 0.833. The Morgan fingerprint density at radius 1 is 1.41 bits per heavy atom.